The molecule has 2 N–H and O–H groups in total. The standard InChI is InChI=1S/C22H24ClN5OS/c1-4-5-18-25-26-22-28(18)27-19(15-6-8-16(23)9-7-15)20(30-22)21(29)24-17-11-13(2)10-14(3)12-17/h6-12,19-20,27H,4-5H2,1-3H3,(H,24,29). The van der Waals surface area contributed by atoms with Gasteiger partial charge in [-0.25, -0.2) is 4.68 Å². The molecule has 2 aromatic carbocycles. The highest BCUT2D eigenvalue weighted by Gasteiger charge is 2.37. The molecular weight excluding hydrogens is 418 g/mol. The highest BCUT2D eigenvalue weighted by molar-refractivity contribution is 8.00. The van der Waals surface area contributed by atoms with Gasteiger partial charge in [0.05, 0.1) is 6.04 Å². The molecule has 6 nitrogen and oxygen atoms in total. The predicted molar refractivity (Wildman–Crippen MR) is 122 cm³/mol. The molecule has 1 amide bonds. The van der Waals surface area contributed by atoms with E-state index in [9.17, 15) is 4.79 Å². The van der Waals surface area contributed by atoms with Gasteiger partial charge in [0.1, 0.15) is 5.25 Å². The van der Waals surface area contributed by atoms with Crippen LogP contribution in [0.4, 0.5) is 5.69 Å². The Morgan fingerprint density at radius 2 is 1.87 bits per heavy atom. The fourth-order valence-electron chi connectivity index (χ4n) is 3.66. The number of thioether (sulfide) groups is 1. The number of halogens is 1. The monoisotopic (exact) mass is 441 g/mol. The molecule has 1 aromatic heterocycles. The van der Waals surface area contributed by atoms with E-state index < -0.39 is 5.25 Å². The molecule has 1 aliphatic heterocycles. The molecule has 30 heavy (non-hydrogen) atoms. The van der Waals surface area contributed by atoms with Crippen LogP contribution in [0.3, 0.4) is 0 Å². The third kappa shape index (κ3) is 4.32. The second-order valence-electron chi connectivity index (χ2n) is 7.55. The van der Waals surface area contributed by atoms with Crippen molar-refractivity contribution >= 4 is 35.0 Å². The van der Waals surface area contributed by atoms with Crippen LogP contribution in [-0.4, -0.2) is 26.0 Å². The van der Waals surface area contributed by atoms with Gasteiger partial charge < -0.3 is 10.7 Å². The normalized spacial score (nSPS) is 17.9. The lowest BCUT2D eigenvalue weighted by Crippen LogP contribution is -2.41. The molecule has 2 heterocycles. The average Bonchev–Trinajstić information content (AvgIpc) is 3.09. The Morgan fingerprint density at radius 3 is 2.53 bits per heavy atom. The van der Waals surface area contributed by atoms with Crippen LogP contribution in [0.5, 0.6) is 0 Å². The summed E-state index contributed by atoms with van der Waals surface area (Å²) in [5.41, 5.74) is 7.47. The number of rotatable bonds is 5. The number of hydrogen-bond acceptors (Lipinski definition) is 5. The third-order valence-corrected chi connectivity index (χ3v) is 6.42. The summed E-state index contributed by atoms with van der Waals surface area (Å²) in [6.45, 7) is 6.15. The van der Waals surface area contributed by atoms with Crippen LogP contribution < -0.4 is 10.7 Å². The SMILES string of the molecule is CCCc1nnc2n1NC(c1ccc(Cl)cc1)C(C(=O)Nc1cc(C)cc(C)c1)S2. The van der Waals surface area contributed by atoms with Crippen LogP contribution in [0.1, 0.15) is 41.9 Å². The lowest BCUT2D eigenvalue weighted by Gasteiger charge is -2.33. The maximum absolute atomic E-state index is 13.3. The van der Waals surface area contributed by atoms with Crippen molar-refractivity contribution < 1.29 is 4.79 Å². The third-order valence-electron chi connectivity index (χ3n) is 4.95. The van der Waals surface area contributed by atoms with Crippen molar-refractivity contribution in [3.8, 4) is 0 Å². The van der Waals surface area contributed by atoms with E-state index in [4.69, 9.17) is 11.6 Å². The molecular formula is C22H24ClN5OS. The van der Waals surface area contributed by atoms with E-state index in [-0.39, 0.29) is 11.9 Å². The maximum atomic E-state index is 13.3. The molecule has 1 aliphatic rings. The molecule has 0 saturated carbocycles. The van der Waals surface area contributed by atoms with Gasteiger partial charge in [0.15, 0.2) is 5.82 Å². The largest absolute Gasteiger partial charge is 0.325 e. The summed E-state index contributed by atoms with van der Waals surface area (Å²) < 4.78 is 1.91. The van der Waals surface area contributed by atoms with Crippen molar-refractivity contribution in [3.63, 3.8) is 0 Å². The number of nitrogens with zero attached hydrogens (tertiary/aromatic N) is 3. The number of aromatic nitrogens is 3. The van der Waals surface area contributed by atoms with Crippen LogP contribution in [0.15, 0.2) is 47.6 Å². The zero-order valence-electron chi connectivity index (χ0n) is 17.1. The highest BCUT2D eigenvalue weighted by atomic mass is 35.5. The van der Waals surface area contributed by atoms with Crippen LogP contribution in [0.25, 0.3) is 0 Å². The van der Waals surface area contributed by atoms with Crippen molar-refractivity contribution in [1.82, 2.24) is 14.9 Å². The molecule has 2 atom stereocenters. The molecule has 0 aliphatic carbocycles. The molecule has 3 aromatic rings. The van der Waals surface area contributed by atoms with Crippen LogP contribution in [0.2, 0.25) is 5.02 Å². The van der Waals surface area contributed by atoms with Crippen molar-refractivity contribution in [2.75, 3.05) is 10.7 Å². The first-order valence-corrected chi connectivity index (χ1v) is 11.2. The highest BCUT2D eigenvalue weighted by Crippen LogP contribution is 2.38. The van der Waals surface area contributed by atoms with Gasteiger partial charge in [-0.15, -0.1) is 10.2 Å². The Balaban J connectivity index is 1.67. The zero-order chi connectivity index (χ0) is 21.3. The van der Waals surface area contributed by atoms with Gasteiger partial charge in [0.25, 0.3) is 0 Å². The number of nitrogens with one attached hydrogen (secondary N) is 2. The van der Waals surface area contributed by atoms with Crippen molar-refractivity contribution in [2.45, 2.75) is 50.1 Å². The van der Waals surface area contributed by atoms with E-state index >= 15 is 0 Å². The molecule has 4 rings (SSSR count). The van der Waals surface area contributed by atoms with Gasteiger partial charge in [-0.05, 0) is 61.2 Å². The topological polar surface area (TPSA) is 71.8 Å². The van der Waals surface area contributed by atoms with Gasteiger partial charge in [0, 0.05) is 17.1 Å². The second kappa shape index (κ2) is 8.70. The smallest absolute Gasteiger partial charge is 0.240 e. The summed E-state index contributed by atoms with van der Waals surface area (Å²) in [4.78, 5) is 13.3. The van der Waals surface area contributed by atoms with Crippen LogP contribution in [0, 0.1) is 13.8 Å². The van der Waals surface area contributed by atoms with E-state index in [0.29, 0.717) is 10.2 Å². The molecule has 156 valence electrons. The maximum Gasteiger partial charge on any atom is 0.240 e. The molecule has 2 unspecified atom stereocenters. The second-order valence-corrected chi connectivity index (χ2v) is 9.09. The van der Waals surface area contributed by atoms with E-state index in [1.807, 2.05) is 54.9 Å². The van der Waals surface area contributed by atoms with Crippen molar-refractivity contribution in [2.24, 2.45) is 0 Å². The number of fused-ring (bicyclic) bond motifs is 1. The number of aryl methyl sites for hydroxylation is 3. The number of carbonyl (C=O) groups is 1. The summed E-state index contributed by atoms with van der Waals surface area (Å²) in [5.74, 6) is 0.788. The van der Waals surface area contributed by atoms with Crippen molar-refractivity contribution in [1.29, 1.82) is 0 Å². The number of carbonyl (C=O) groups excluding carboxylic acids is 1. The summed E-state index contributed by atoms with van der Waals surface area (Å²) in [6.07, 6.45) is 1.78. The summed E-state index contributed by atoms with van der Waals surface area (Å²) in [7, 11) is 0. The molecule has 8 heteroatoms. The predicted octanol–water partition coefficient (Wildman–Crippen LogP) is 4.90. The minimum absolute atomic E-state index is 0.0799. The number of amides is 1. The molecule has 0 fully saturated rings. The summed E-state index contributed by atoms with van der Waals surface area (Å²) in [5, 5.41) is 12.6. The Hall–Kier alpha value is -2.51. The van der Waals surface area contributed by atoms with Crippen LogP contribution in [-0.2, 0) is 11.2 Å². The number of anilines is 1. The fraction of sp³-hybridized carbons (Fsp3) is 0.318. The first kappa shape index (κ1) is 20.8. The van der Waals surface area contributed by atoms with Gasteiger partial charge in [-0.1, -0.05) is 48.5 Å². The Morgan fingerprint density at radius 1 is 1.17 bits per heavy atom. The molecule has 0 spiro atoms. The Bertz CT molecular complexity index is 1050. The quantitative estimate of drug-likeness (QED) is 0.589. The zero-order valence-corrected chi connectivity index (χ0v) is 18.7. The fourth-order valence-corrected chi connectivity index (χ4v) is 4.89. The molecule has 0 radical (unpaired) electrons. The van der Waals surface area contributed by atoms with Crippen LogP contribution >= 0.6 is 23.4 Å². The lowest BCUT2D eigenvalue weighted by molar-refractivity contribution is -0.116. The minimum atomic E-state index is -0.418. The van der Waals surface area contributed by atoms with Gasteiger partial charge >= 0.3 is 0 Å². The Labute approximate surface area is 185 Å². The van der Waals surface area contributed by atoms with Gasteiger partial charge in [-0.2, -0.15) is 0 Å². The molecule has 0 saturated heterocycles. The first-order chi connectivity index (χ1) is 14.4. The van der Waals surface area contributed by atoms with Gasteiger partial charge in [0.2, 0.25) is 11.1 Å². The summed E-state index contributed by atoms with van der Waals surface area (Å²) in [6, 6.07) is 13.4. The van der Waals surface area contributed by atoms with Crippen molar-refractivity contribution in [3.05, 3.63) is 70.0 Å². The summed E-state index contributed by atoms with van der Waals surface area (Å²) >= 11 is 7.51. The number of hydrogen-bond donors (Lipinski definition) is 2. The first-order valence-electron chi connectivity index (χ1n) is 9.96. The van der Waals surface area contributed by atoms with Gasteiger partial charge in [-0.3, -0.25) is 4.79 Å². The Kier molecular flexibility index (Phi) is 6.01. The minimum Gasteiger partial charge on any atom is -0.325 e. The lowest BCUT2D eigenvalue weighted by atomic mass is 10.0. The number of benzene rings is 2. The van der Waals surface area contributed by atoms with E-state index in [1.54, 1.807) is 0 Å². The van der Waals surface area contributed by atoms with E-state index in [2.05, 4.69) is 33.9 Å². The van der Waals surface area contributed by atoms with E-state index in [0.717, 1.165) is 41.0 Å². The van der Waals surface area contributed by atoms with E-state index in [1.165, 1.54) is 11.8 Å². The molecule has 0 bridgehead atoms. The average molecular weight is 442 g/mol.